The van der Waals surface area contributed by atoms with Crippen LogP contribution in [-0.4, -0.2) is 60.6 Å². The summed E-state index contributed by atoms with van der Waals surface area (Å²) in [5.74, 6) is 2.97. The fourth-order valence-corrected chi connectivity index (χ4v) is 2.38. The van der Waals surface area contributed by atoms with E-state index < -0.39 is 0 Å². The maximum Gasteiger partial charge on any atom is 0.190 e. The van der Waals surface area contributed by atoms with E-state index in [4.69, 9.17) is 18.9 Å². The summed E-state index contributed by atoms with van der Waals surface area (Å²) >= 11 is 0. The molecular weight excluding hydrogens is 449 g/mol. The van der Waals surface area contributed by atoms with Crippen LogP contribution in [0.3, 0.4) is 0 Å². The van der Waals surface area contributed by atoms with E-state index in [9.17, 15) is 0 Å². The predicted molar refractivity (Wildman–Crippen MR) is 116 cm³/mol. The van der Waals surface area contributed by atoms with Crippen molar-refractivity contribution in [2.24, 2.45) is 4.99 Å². The Balaban J connectivity index is 0.00000625. The quantitative estimate of drug-likeness (QED) is 0.219. The Morgan fingerprint density at radius 2 is 1.62 bits per heavy atom. The molecule has 0 radical (unpaired) electrons. The number of ether oxygens (including phenoxy) is 4. The van der Waals surface area contributed by atoms with Crippen LogP contribution in [0.15, 0.2) is 17.1 Å². The van der Waals surface area contributed by atoms with Crippen LogP contribution in [-0.2, 0) is 11.2 Å². The van der Waals surface area contributed by atoms with E-state index in [-0.39, 0.29) is 24.0 Å². The molecule has 0 spiro atoms. The molecule has 2 N–H and O–H groups in total. The number of nitrogens with zero attached hydrogens (tertiary/aromatic N) is 1. The molecule has 0 saturated heterocycles. The first-order valence-corrected chi connectivity index (χ1v) is 8.51. The topological polar surface area (TPSA) is 73.3 Å². The molecule has 0 saturated carbocycles. The van der Waals surface area contributed by atoms with Crippen molar-refractivity contribution in [1.29, 1.82) is 0 Å². The average Bonchev–Trinajstić information content (AvgIpc) is 2.65. The zero-order valence-corrected chi connectivity index (χ0v) is 18.7. The van der Waals surface area contributed by atoms with Gasteiger partial charge in [0.2, 0.25) is 0 Å². The molecule has 0 unspecified atom stereocenters. The van der Waals surface area contributed by atoms with Crippen molar-refractivity contribution >= 4 is 29.9 Å². The lowest BCUT2D eigenvalue weighted by molar-refractivity contribution is 0.145. The van der Waals surface area contributed by atoms with Gasteiger partial charge < -0.3 is 29.6 Å². The highest BCUT2D eigenvalue weighted by Gasteiger charge is 2.13. The van der Waals surface area contributed by atoms with Crippen molar-refractivity contribution < 1.29 is 18.9 Å². The molecule has 8 heteroatoms. The summed E-state index contributed by atoms with van der Waals surface area (Å²) in [7, 11) is 6.66. The summed E-state index contributed by atoms with van der Waals surface area (Å²) in [5, 5.41) is 6.56. The number of guanidine groups is 1. The van der Waals surface area contributed by atoms with E-state index >= 15 is 0 Å². The number of halogens is 1. The molecule has 7 nitrogen and oxygen atoms in total. The number of methoxy groups -OCH3 is 3. The van der Waals surface area contributed by atoms with E-state index in [2.05, 4.69) is 15.6 Å². The van der Waals surface area contributed by atoms with Gasteiger partial charge in [0.1, 0.15) is 17.2 Å². The third-order valence-corrected chi connectivity index (χ3v) is 3.67. The fraction of sp³-hybridized carbons (Fsp3) is 0.611. The van der Waals surface area contributed by atoms with Crippen LogP contribution in [0.25, 0.3) is 0 Å². The number of benzene rings is 1. The molecule has 150 valence electrons. The third-order valence-electron chi connectivity index (χ3n) is 3.67. The zero-order valence-electron chi connectivity index (χ0n) is 16.4. The number of rotatable bonds is 11. The van der Waals surface area contributed by atoms with Gasteiger partial charge in [-0.25, -0.2) is 0 Å². The molecule has 0 bridgehead atoms. The van der Waals surface area contributed by atoms with Gasteiger partial charge in [0, 0.05) is 51.0 Å². The lowest BCUT2D eigenvalue weighted by Gasteiger charge is -2.16. The van der Waals surface area contributed by atoms with Gasteiger partial charge in [-0.2, -0.15) is 0 Å². The summed E-state index contributed by atoms with van der Waals surface area (Å²) in [6.45, 7) is 5.01. The maximum atomic E-state index is 5.47. The first-order chi connectivity index (χ1) is 12.2. The Morgan fingerprint density at radius 1 is 1.00 bits per heavy atom. The summed E-state index contributed by atoms with van der Waals surface area (Å²) in [6.07, 6.45) is 1.67. The monoisotopic (exact) mass is 481 g/mol. The Morgan fingerprint density at radius 3 is 2.12 bits per heavy atom. The highest BCUT2D eigenvalue weighted by molar-refractivity contribution is 14.0. The smallest absolute Gasteiger partial charge is 0.190 e. The lowest BCUT2D eigenvalue weighted by Crippen LogP contribution is -2.39. The van der Waals surface area contributed by atoms with Crippen LogP contribution < -0.4 is 24.8 Å². The summed E-state index contributed by atoms with van der Waals surface area (Å²) in [5.41, 5.74) is 0.991. The molecule has 1 aromatic rings. The maximum absolute atomic E-state index is 5.47. The lowest BCUT2D eigenvalue weighted by atomic mass is 10.1. The second-order valence-electron chi connectivity index (χ2n) is 5.24. The highest BCUT2D eigenvalue weighted by atomic mass is 127. The van der Waals surface area contributed by atoms with Gasteiger partial charge in [0.25, 0.3) is 0 Å². The Hall–Kier alpha value is -1.42. The van der Waals surface area contributed by atoms with Crippen molar-refractivity contribution in [1.82, 2.24) is 10.6 Å². The first-order valence-electron chi connectivity index (χ1n) is 8.51. The third kappa shape index (κ3) is 8.31. The van der Waals surface area contributed by atoms with Gasteiger partial charge in [0.05, 0.1) is 21.3 Å². The van der Waals surface area contributed by atoms with Gasteiger partial charge in [-0.15, -0.1) is 24.0 Å². The highest BCUT2D eigenvalue weighted by Crippen LogP contribution is 2.34. The molecule has 0 fully saturated rings. The summed E-state index contributed by atoms with van der Waals surface area (Å²) in [6, 6.07) is 3.72. The Labute approximate surface area is 173 Å². The molecule has 0 aliphatic heterocycles. The summed E-state index contributed by atoms with van der Waals surface area (Å²) in [4.78, 5) is 4.22. The minimum absolute atomic E-state index is 0. The van der Waals surface area contributed by atoms with Crippen LogP contribution in [0, 0.1) is 0 Å². The van der Waals surface area contributed by atoms with Crippen molar-refractivity contribution in [3.63, 3.8) is 0 Å². The minimum Gasteiger partial charge on any atom is -0.496 e. The molecule has 1 aromatic carbocycles. The first kappa shape index (κ1) is 24.6. The zero-order chi connectivity index (χ0) is 18.5. The van der Waals surface area contributed by atoms with Gasteiger partial charge >= 0.3 is 0 Å². The van der Waals surface area contributed by atoms with E-state index in [1.165, 1.54) is 0 Å². The minimum atomic E-state index is 0. The van der Waals surface area contributed by atoms with Gasteiger partial charge in [-0.05, 0) is 19.8 Å². The molecule has 26 heavy (non-hydrogen) atoms. The molecule has 0 aliphatic rings. The SMILES string of the molecule is CCOCCCNC(=NC)NCCc1c(OC)cc(OC)cc1OC.I. The predicted octanol–water partition coefficient (Wildman–Crippen LogP) is 2.46. The summed E-state index contributed by atoms with van der Waals surface area (Å²) < 4.78 is 21.5. The molecule has 0 amide bonds. The largest absolute Gasteiger partial charge is 0.496 e. The normalized spacial score (nSPS) is 10.7. The molecule has 0 heterocycles. The van der Waals surface area contributed by atoms with E-state index in [1.807, 2.05) is 19.1 Å². The van der Waals surface area contributed by atoms with Crippen LogP contribution in [0.2, 0.25) is 0 Å². The second-order valence-corrected chi connectivity index (χ2v) is 5.24. The molecule has 0 atom stereocenters. The Bertz CT molecular complexity index is 516. The number of hydrogen-bond donors (Lipinski definition) is 2. The van der Waals surface area contributed by atoms with Gasteiger partial charge in [0.15, 0.2) is 5.96 Å². The van der Waals surface area contributed by atoms with E-state index in [0.29, 0.717) is 12.3 Å². The molecular formula is C18H32IN3O4. The number of aliphatic imine (C=N–C) groups is 1. The van der Waals surface area contributed by atoms with Gasteiger partial charge in [-0.1, -0.05) is 0 Å². The fourth-order valence-electron chi connectivity index (χ4n) is 2.38. The Kier molecular flexibility index (Phi) is 13.9. The molecule has 0 aliphatic carbocycles. The van der Waals surface area contributed by atoms with Crippen LogP contribution in [0.5, 0.6) is 17.2 Å². The number of nitrogens with one attached hydrogen (secondary N) is 2. The van der Waals surface area contributed by atoms with Gasteiger partial charge in [-0.3, -0.25) is 4.99 Å². The van der Waals surface area contributed by atoms with Crippen molar-refractivity contribution in [2.45, 2.75) is 19.8 Å². The van der Waals surface area contributed by atoms with Crippen molar-refractivity contribution in [2.75, 3.05) is 54.7 Å². The second kappa shape index (κ2) is 14.7. The standard InChI is InChI=1S/C18H31N3O4.HI/c1-6-25-11-7-9-20-18(19-2)21-10-8-15-16(23-4)12-14(22-3)13-17(15)24-5;/h12-13H,6-11H2,1-5H3,(H2,19,20,21);1H. The van der Waals surface area contributed by atoms with Crippen molar-refractivity contribution in [3.05, 3.63) is 17.7 Å². The molecule has 1 rings (SSSR count). The molecule has 0 aromatic heterocycles. The van der Waals surface area contributed by atoms with E-state index in [0.717, 1.165) is 55.6 Å². The van der Waals surface area contributed by atoms with Crippen LogP contribution in [0.4, 0.5) is 0 Å². The number of hydrogen-bond acceptors (Lipinski definition) is 5. The van der Waals surface area contributed by atoms with Crippen LogP contribution >= 0.6 is 24.0 Å². The van der Waals surface area contributed by atoms with Crippen molar-refractivity contribution in [3.8, 4) is 17.2 Å². The average molecular weight is 481 g/mol. The van der Waals surface area contributed by atoms with E-state index in [1.54, 1.807) is 28.4 Å². The van der Waals surface area contributed by atoms with Crippen LogP contribution in [0.1, 0.15) is 18.9 Å².